The van der Waals surface area contributed by atoms with Gasteiger partial charge in [-0.3, -0.25) is 13.9 Å². The molecule has 0 heterocycles. The van der Waals surface area contributed by atoms with Gasteiger partial charge in [0.1, 0.15) is 11.9 Å². The molecule has 2 aromatic carbocycles. The molecule has 7 nitrogen and oxygen atoms in total. The molecule has 0 aromatic heterocycles. The highest BCUT2D eigenvalue weighted by Gasteiger charge is 2.30. The lowest BCUT2D eigenvalue weighted by atomic mass is 10.1. The summed E-state index contributed by atoms with van der Waals surface area (Å²) < 4.78 is 39.8. The van der Waals surface area contributed by atoms with Crippen molar-refractivity contribution in [3.63, 3.8) is 0 Å². The summed E-state index contributed by atoms with van der Waals surface area (Å²) in [5, 5.41) is 3.47. The number of benzene rings is 2. The van der Waals surface area contributed by atoms with Crippen LogP contribution in [-0.4, -0.2) is 50.5 Å². The molecule has 0 saturated carbocycles. The van der Waals surface area contributed by atoms with Crippen molar-refractivity contribution < 1.29 is 22.4 Å². The number of hydrogen-bond donors (Lipinski definition) is 1. The summed E-state index contributed by atoms with van der Waals surface area (Å²) in [5.41, 5.74) is 0.423. The van der Waals surface area contributed by atoms with E-state index < -0.39 is 21.9 Å². The number of sulfonamides is 1. The minimum absolute atomic E-state index is 0.0100. The van der Waals surface area contributed by atoms with E-state index in [0.717, 1.165) is 10.6 Å². The zero-order valence-corrected chi connectivity index (χ0v) is 22.3. The monoisotopic (exact) mass is 545 g/mol. The van der Waals surface area contributed by atoms with Crippen molar-refractivity contribution in [1.82, 2.24) is 10.2 Å². The van der Waals surface area contributed by atoms with Gasteiger partial charge in [-0.05, 0) is 44.0 Å². The largest absolute Gasteiger partial charge is 0.355 e. The Morgan fingerprint density at radius 2 is 1.69 bits per heavy atom. The Kier molecular flexibility index (Phi) is 10.8. The van der Waals surface area contributed by atoms with Gasteiger partial charge < -0.3 is 10.2 Å². The standard InChI is InChI=1S/C24H30Cl2FN3O4S/c1-4-21(24(32)28-5-2)29(16-17-18(25)10-8-11-19(17)26)23(31)14-9-15-30(35(3,33)34)22-13-7-6-12-20(22)27/h6-8,10-13,21H,4-5,9,14-16H2,1-3H3,(H,28,32)/t21-/m1/s1. The molecule has 1 atom stereocenters. The first-order valence-electron chi connectivity index (χ1n) is 11.2. The van der Waals surface area contributed by atoms with Crippen LogP contribution in [0.15, 0.2) is 42.5 Å². The van der Waals surface area contributed by atoms with Gasteiger partial charge in [0.25, 0.3) is 0 Å². The van der Waals surface area contributed by atoms with E-state index in [2.05, 4.69) is 5.32 Å². The molecular weight excluding hydrogens is 516 g/mol. The van der Waals surface area contributed by atoms with Crippen molar-refractivity contribution in [3.05, 3.63) is 63.9 Å². The number of rotatable bonds is 12. The summed E-state index contributed by atoms with van der Waals surface area (Å²) >= 11 is 12.6. The maximum atomic E-state index is 14.3. The highest BCUT2D eigenvalue weighted by molar-refractivity contribution is 7.92. The van der Waals surface area contributed by atoms with E-state index in [9.17, 15) is 22.4 Å². The molecule has 2 rings (SSSR count). The van der Waals surface area contributed by atoms with Crippen LogP contribution in [0.1, 0.15) is 38.7 Å². The van der Waals surface area contributed by atoms with Crippen LogP contribution in [0, 0.1) is 5.82 Å². The molecule has 0 unspecified atom stereocenters. The van der Waals surface area contributed by atoms with Crippen LogP contribution in [0.5, 0.6) is 0 Å². The van der Waals surface area contributed by atoms with Gasteiger partial charge in [-0.1, -0.05) is 48.3 Å². The topological polar surface area (TPSA) is 86.8 Å². The van der Waals surface area contributed by atoms with Crippen LogP contribution in [0.4, 0.5) is 10.1 Å². The lowest BCUT2D eigenvalue weighted by molar-refractivity contribution is -0.141. The van der Waals surface area contributed by atoms with Gasteiger partial charge in [-0.15, -0.1) is 0 Å². The summed E-state index contributed by atoms with van der Waals surface area (Å²) in [6.45, 7) is 3.87. The molecule has 0 spiro atoms. The lowest BCUT2D eigenvalue weighted by Gasteiger charge is -2.31. The third kappa shape index (κ3) is 7.81. The van der Waals surface area contributed by atoms with Crippen LogP contribution in [-0.2, 0) is 26.2 Å². The van der Waals surface area contributed by atoms with Gasteiger partial charge in [0.15, 0.2) is 0 Å². The van der Waals surface area contributed by atoms with Crippen molar-refractivity contribution in [1.29, 1.82) is 0 Å². The van der Waals surface area contributed by atoms with Gasteiger partial charge in [-0.25, -0.2) is 12.8 Å². The summed E-state index contributed by atoms with van der Waals surface area (Å²) in [6.07, 6.45) is 1.37. The first-order chi connectivity index (χ1) is 16.5. The minimum Gasteiger partial charge on any atom is -0.355 e. The van der Waals surface area contributed by atoms with Crippen molar-refractivity contribution in [2.75, 3.05) is 23.7 Å². The molecule has 0 saturated heterocycles. The molecule has 1 N–H and O–H groups in total. The second-order valence-corrected chi connectivity index (χ2v) is 10.7. The Hall–Kier alpha value is -2.36. The molecule has 0 bridgehead atoms. The first-order valence-corrected chi connectivity index (χ1v) is 13.8. The van der Waals surface area contributed by atoms with Gasteiger partial charge in [0.2, 0.25) is 21.8 Å². The fourth-order valence-electron chi connectivity index (χ4n) is 3.70. The Morgan fingerprint density at radius 3 is 2.23 bits per heavy atom. The van der Waals surface area contributed by atoms with Crippen molar-refractivity contribution >= 4 is 50.7 Å². The number of nitrogens with zero attached hydrogens (tertiary/aromatic N) is 2. The number of halogens is 3. The lowest BCUT2D eigenvalue weighted by Crippen LogP contribution is -2.49. The molecule has 35 heavy (non-hydrogen) atoms. The van der Waals surface area contributed by atoms with E-state index in [4.69, 9.17) is 23.2 Å². The van der Waals surface area contributed by atoms with Crippen molar-refractivity contribution in [3.8, 4) is 0 Å². The number of nitrogens with one attached hydrogen (secondary N) is 1. The highest BCUT2D eigenvalue weighted by Crippen LogP contribution is 2.28. The molecule has 0 aliphatic rings. The summed E-state index contributed by atoms with van der Waals surface area (Å²) in [7, 11) is -3.79. The average molecular weight is 546 g/mol. The fraction of sp³-hybridized carbons (Fsp3) is 0.417. The van der Waals surface area contributed by atoms with Crippen LogP contribution >= 0.6 is 23.2 Å². The minimum atomic E-state index is -3.79. The number of para-hydroxylation sites is 1. The van der Waals surface area contributed by atoms with E-state index in [-0.39, 0.29) is 43.4 Å². The van der Waals surface area contributed by atoms with Crippen LogP contribution in [0.2, 0.25) is 10.0 Å². The van der Waals surface area contributed by atoms with E-state index in [1.807, 2.05) is 0 Å². The van der Waals surface area contributed by atoms with E-state index >= 15 is 0 Å². The summed E-state index contributed by atoms with van der Waals surface area (Å²) in [5.74, 6) is -1.36. The predicted molar refractivity (Wildman–Crippen MR) is 138 cm³/mol. The maximum absolute atomic E-state index is 14.3. The van der Waals surface area contributed by atoms with Gasteiger partial charge in [0.05, 0.1) is 11.9 Å². The number of likely N-dealkylation sites (N-methyl/N-ethyl adjacent to an activating group) is 1. The van der Waals surface area contributed by atoms with Crippen molar-refractivity contribution in [2.45, 2.75) is 45.7 Å². The fourth-order valence-corrected chi connectivity index (χ4v) is 5.18. The molecule has 0 fully saturated rings. The molecule has 0 aliphatic carbocycles. The maximum Gasteiger partial charge on any atom is 0.242 e. The zero-order valence-electron chi connectivity index (χ0n) is 19.9. The second-order valence-electron chi connectivity index (χ2n) is 7.93. The number of carbonyl (C=O) groups is 2. The van der Waals surface area contributed by atoms with E-state index in [0.29, 0.717) is 28.6 Å². The van der Waals surface area contributed by atoms with Crippen LogP contribution in [0.3, 0.4) is 0 Å². The van der Waals surface area contributed by atoms with E-state index in [1.54, 1.807) is 32.0 Å². The third-order valence-corrected chi connectivity index (χ3v) is 7.29. The molecule has 192 valence electrons. The van der Waals surface area contributed by atoms with E-state index in [1.165, 1.54) is 29.2 Å². The van der Waals surface area contributed by atoms with Crippen LogP contribution < -0.4 is 9.62 Å². The summed E-state index contributed by atoms with van der Waals surface area (Å²) in [4.78, 5) is 27.5. The smallest absolute Gasteiger partial charge is 0.242 e. The normalized spacial score (nSPS) is 12.2. The summed E-state index contributed by atoms with van der Waals surface area (Å²) in [6, 6.07) is 9.75. The third-order valence-electron chi connectivity index (χ3n) is 5.40. The highest BCUT2D eigenvalue weighted by atomic mass is 35.5. The SMILES string of the molecule is CCNC(=O)[C@@H](CC)N(Cc1c(Cl)cccc1Cl)C(=O)CCCN(c1ccccc1F)S(C)(=O)=O. The second kappa shape index (κ2) is 13.1. The number of amides is 2. The average Bonchev–Trinajstić information content (AvgIpc) is 2.78. The quantitative estimate of drug-likeness (QED) is 0.421. The zero-order chi connectivity index (χ0) is 26.2. The Balaban J connectivity index is 2.27. The van der Waals surface area contributed by atoms with Gasteiger partial charge in [0, 0.05) is 41.7 Å². The molecular formula is C24H30Cl2FN3O4S. The molecule has 2 aromatic rings. The molecule has 0 radical (unpaired) electrons. The number of anilines is 1. The number of hydrogen-bond acceptors (Lipinski definition) is 4. The van der Waals surface area contributed by atoms with Gasteiger partial charge in [-0.2, -0.15) is 0 Å². The number of carbonyl (C=O) groups excluding carboxylic acids is 2. The Labute approximate surface area is 216 Å². The van der Waals surface area contributed by atoms with Crippen molar-refractivity contribution in [2.24, 2.45) is 0 Å². The molecule has 11 heteroatoms. The molecule has 0 aliphatic heterocycles. The van der Waals surface area contributed by atoms with Gasteiger partial charge >= 0.3 is 0 Å². The Morgan fingerprint density at radius 1 is 1.06 bits per heavy atom. The van der Waals surface area contributed by atoms with Crippen LogP contribution in [0.25, 0.3) is 0 Å². The molecule has 2 amide bonds. The Bertz CT molecular complexity index is 1130. The first kappa shape index (κ1) is 28.9. The predicted octanol–water partition coefficient (Wildman–Crippen LogP) is 4.62.